The molecule has 3 heterocycles. The molecule has 1 unspecified atom stereocenters. The number of amides is 2. The van der Waals surface area contributed by atoms with Crippen LogP contribution in [0.1, 0.15) is 38.5 Å². The molecular formula is C31H31N5O4. The molecule has 204 valence electrons. The molecule has 3 aliphatic rings. The van der Waals surface area contributed by atoms with Crippen molar-refractivity contribution in [1.29, 1.82) is 0 Å². The van der Waals surface area contributed by atoms with Crippen molar-refractivity contribution in [3.63, 3.8) is 0 Å². The second-order valence-electron chi connectivity index (χ2n) is 10.7. The number of aromatic carboxylic acids is 1. The minimum Gasteiger partial charge on any atom is -0.478 e. The summed E-state index contributed by atoms with van der Waals surface area (Å²) in [7, 11) is 2.10. The van der Waals surface area contributed by atoms with Crippen molar-refractivity contribution in [2.45, 2.75) is 19.0 Å². The van der Waals surface area contributed by atoms with Crippen molar-refractivity contribution >= 4 is 34.9 Å². The van der Waals surface area contributed by atoms with Gasteiger partial charge in [-0.05, 0) is 53.6 Å². The van der Waals surface area contributed by atoms with E-state index in [2.05, 4.69) is 22.2 Å². The highest BCUT2D eigenvalue weighted by Gasteiger charge is 2.36. The standard InChI is InChI=1S/C31H31N5O4/c1-34-11-13-35(14-12-34)19-27(37)36-17-22-7-9-24(15-23(22)18-36)32-29(20-5-3-2-4-6-20)28-25-10-8-21(31(39)40)16-26(25)33-30(28)38/h2-10,15-16,28H,11-14,17-19H2,1H3,(H,33,38)(H,39,40). The number of likely N-dealkylation sites (N-methyl/N-ethyl adjacent to an activating group) is 1. The summed E-state index contributed by atoms with van der Waals surface area (Å²) in [6, 6.07) is 20.2. The molecule has 0 bridgehead atoms. The Labute approximate surface area is 232 Å². The van der Waals surface area contributed by atoms with Gasteiger partial charge in [0.25, 0.3) is 0 Å². The van der Waals surface area contributed by atoms with Gasteiger partial charge in [0, 0.05) is 45.0 Å². The molecule has 9 nitrogen and oxygen atoms in total. The van der Waals surface area contributed by atoms with Gasteiger partial charge in [-0.3, -0.25) is 19.5 Å². The van der Waals surface area contributed by atoms with E-state index in [1.54, 1.807) is 6.07 Å². The highest BCUT2D eigenvalue weighted by Crippen LogP contribution is 2.37. The molecule has 3 aromatic carbocycles. The molecule has 1 atom stereocenters. The lowest BCUT2D eigenvalue weighted by Crippen LogP contribution is -2.48. The van der Waals surface area contributed by atoms with Crippen LogP contribution < -0.4 is 5.32 Å². The summed E-state index contributed by atoms with van der Waals surface area (Å²) in [5.41, 5.74) is 5.56. The summed E-state index contributed by atoms with van der Waals surface area (Å²) in [6.07, 6.45) is 0. The number of carbonyl (C=O) groups is 3. The SMILES string of the molecule is CN1CCN(CC(=O)N2Cc3ccc(N=C(c4ccccc4)C4C(=O)Nc5cc(C(=O)O)ccc54)cc3C2)CC1. The average molecular weight is 538 g/mol. The number of fused-ring (bicyclic) bond motifs is 2. The van der Waals surface area contributed by atoms with Gasteiger partial charge in [-0.1, -0.05) is 42.5 Å². The lowest BCUT2D eigenvalue weighted by atomic mass is 9.90. The van der Waals surface area contributed by atoms with Crippen LogP contribution in [0.5, 0.6) is 0 Å². The Morgan fingerprint density at radius 3 is 2.42 bits per heavy atom. The van der Waals surface area contributed by atoms with Crippen molar-refractivity contribution in [2.24, 2.45) is 4.99 Å². The van der Waals surface area contributed by atoms with Crippen molar-refractivity contribution in [3.8, 4) is 0 Å². The Kier molecular flexibility index (Phi) is 6.91. The number of piperazine rings is 1. The zero-order valence-electron chi connectivity index (χ0n) is 22.3. The van der Waals surface area contributed by atoms with Gasteiger partial charge < -0.3 is 20.2 Å². The minimum absolute atomic E-state index is 0.114. The molecule has 1 fully saturated rings. The fourth-order valence-corrected chi connectivity index (χ4v) is 5.63. The predicted molar refractivity (Wildman–Crippen MR) is 152 cm³/mol. The number of aliphatic imine (C=N–C) groups is 1. The van der Waals surface area contributed by atoms with Crippen LogP contribution in [-0.2, 0) is 22.7 Å². The largest absolute Gasteiger partial charge is 0.478 e. The molecule has 2 N–H and O–H groups in total. The summed E-state index contributed by atoms with van der Waals surface area (Å²) in [4.78, 5) is 49.1. The number of benzene rings is 3. The normalized spacial score (nSPS) is 19.3. The number of carbonyl (C=O) groups excluding carboxylic acids is 2. The van der Waals surface area contributed by atoms with Crippen LogP contribution in [0.4, 0.5) is 11.4 Å². The second kappa shape index (κ2) is 10.7. The van der Waals surface area contributed by atoms with Gasteiger partial charge in [-0.15, -0.1) is 0 Å². The summed E-state index contributed by atoms with van der Waals surface area (Å²) in [5.74, 6) is -1.85. The molecule has 1 saturated heterocycles. The molecule has 0 aromatic heterocycles. The highest BCUT2D eigenvalue weighted by molar-refractivity contribution is 6.24. The molecule has 6 rings (SSSR count). The third-order valence-electron chi connectivity index (χ3n) is 7.94. The Morgan fingerprint density at radius 2 is 1.68 bits per heavy atom. The number of nitrogens with one attached hydrogen (secondary N) is 1. The van der Waals surface area contributed by atoms with Crippen LogP contribution in [0.2, 0.25) is 0 Å². The first kappa shape index (κ1) is 25.9. The van der Waals surface area contributed by atoms with Gasteiger partial charge in [0.15, 0.2) is 0 Å². The molecule has 0 saturated carbocycles. The van der Waals surface area contributed by atoms with Crippen molar-refractivity contribution in [1.82, 2.24) is 14.7 Å². The number of hydrogen-bond acceptors (Lipinski definition) is 6. The monoisotopic (exact) mass is 537 g/mol. The first-order valence-corrected chi connectivity index (χ1v) is 13.5. The summed E-state index contributed by atoms with van der Waals surface area (Å²) in [5, 5.41) is 12.2. The van der Waals surface area contributed by atoms with Crippen LogP contribution in [0, 0.1) is 0 Å². The van der Waals surface area contributed by atoms with Crippen molar-refractivity contribution < 1.29 is 19.5 Å². The molecule has 40 heavy (non-hydrogen) atoms. The van der Waals surface area contributed by atoms with Gasteiger partial charge >= 0.3 is 5.97 Å². The third-order valence-corrected chi connectivity index (χ3v) is 7.94. The first-order chi connectivity index (χ1) is 19.4. The van der Waals surface area contributed by atoms with E-state index >= 15 is 0 Å². The zero-order valence-corrected chi connectivity index (χ0v) is 22.3. The second-order valence-corrected chi connectivity index (χ2v) is 10.7. The topological polar surface area (TPSA) is 106 Å². The van der Waals surface area contributed by atoms with Crippen molar-refractivity contribution in [2.75, 3.05) is 45.1 Å². The number of carboxylic acid groups (broad SMARTS) is 1. The maximum absolute atomic E-state index is 13.2. The maximum atomic E-state index is 13.2. The van der Waals surface area contributed by atoms with Gasteiger partial charge in [-0.25, -0.2) is 4.79 Å². The Bertz CT molecular complexity index is 1510. The molecule has 2 amide bonds. The smallest absolute Gasteiger partial charge is 0.335 e. The molecule has 9 heteroatoms. The molecular weight excluding hydrogens is 506 g/mol. The number of anilines is 1. The van der Waals surface area contributed by atoms with Gasteiger partial charge in [0.05, 0.1) is 23.5 Å². The van der Waals surface area contributed by atoms with Crippen LogP contribution in [-0.4, -0.2) is 83.1 Å². The number of nitrogens with zero attached hydrogens (tertiary/aromatic N) is 4. The Balaban J connectivity index is 1.27. The summed E-state index contributed by atoms with van der Waals surface area (Å²) < 4.78 is 0. The van der Waals surface area contributed by atoms with E-state index in [4.69, 9.17) is 4.99 Å². The molecule has 3 aliphatic heterocycles. The fourth-order valence-electron chi connectivity index (χ4n) is 5.63. The van der Waals surface area contributed by atoms with E-state index in [-0.39, 0.29) is 17.4 Å². The number of hydrogen-bond donors (Lipinski definition) is 2. The van der Waals surface area contributed by atoms with E-state index in [0.717, 1.165) is 42.9 Å². The van der Waals surface area contributed by atoms with E-state index < -0.39 is 11.9 Å². The van der Waals surface area contributed by atoms with Gasteiger partial charge in [-0.2, -0.15) is 0 Å². The van der Waals surface area contributed by atoms with Gasteiger partial charge in [0.2, 0.25) is 11.8 Å². The lowest BCUT2D eigenvalue weighted by molar-refractivity contribution is -0.133. The molecule has 0 aliphatic carbocycles. The minimum atomic E-state index is -1.05. The third kappa shape index (κ3) is 5.13. The molecule has 3 aromatic rings. The quantitative estimate of drug-likeness (QED) is 0.468. The molecule has 0 radical (unpaired) electrons. The van der Waals surface area contributed by atoms with E-state index in [9.17, 15) is 19.5 Å². The fraction of sp³-hybridized carbons (Fsp3) is 0.290. The Hall–Kier alpha value is -4.34. The number of rotatable bonds is 6. The molecule has 0 spiro atoms. The van der Waals surface area contributed by atoms with Crippen LogP contribution in [0.3, 0.4) is 0 Å². The maximum Gasteiger partial charge on any atom is 0.335 e. The van der Waals surface area contributed by atoms with Crippen LogP contribution in [0.25, 0.3) is 0 Å². The zero-order chi connectivity index (χ0) is 27.8. The van der Waals surface area contributed by atoms with Crippen LogP contribution >= 0.6 is 0 Å². The van der Waals surface area contributed by atoms with Crippen LogP contribution in [0.15, 0.2) is 71.7 Å². The lowest BCUT2D eigenvalue weighted by Gasteiger charge is -2.32. The van der Waals surface area contributed by atoms with E-state index in [1.807, 2.05) is 53.4 Å². The predicted octanol–water partition coefficient (Wildman–Crippen LogP) is 3.33. The highest BCUT2D eigenvalue weighted by atomic mass is 16.4. The first-order valence-electron chi connectivity index (χ1n) is 13.5. The van der Waals surface area contributed by atoms with E-state index in [0.29, 0.717) is 42.3 Å². The Morgan fingerprint density at radius 1 is 0.925 bits per heavy atom. The van der Waals surface area contributed by atoms with E-state index in [1.165, 1.54) is 12.1 Å². The summed E-state index contributed by atoms with van der Waals surface area (Å²) >= 11 is 0. The average Bonchev–Trinajstić information content (AvgIpc) is 3.53. The summed E-state index contributed by atoms with van der Waals surface area (Å²) in [6.45, 7) is 5.31. The van der Waals surface area contributed by atoms with Crippen molar-refractivity contribution in [3.05, 3.63) is 94.5 Å². The van der Waals surface area contributed by atoms with Gasteiger partial charge in [0.1, 0.15) is 5.92 Å². The number of carboxylic acids is 1.